The first-order valence-corrected chi connectivity index (χ1v) is 11.5. The van der Waals surface area contributed by atoms with E-state index in [-0.39, 0.29) is 22.2 Å². The summed E-state index contributed by atoms with van der Waals surface area (Å²) in [4.78, 5) is 33.0. The van der Waals surface area contributed by atoms with Crippen molar-refractivity contribution in [2.24, 2.45) is 10.6 Å². The monoisotopic (exact) mass is 444 g/mol. The van der Waals surface area contributed by atoms with E-state index in [1.54, 1.807) is 6.07 Å². The summed E-state index contributed by atoms with van der Waals surface area (Å²) in [6.07, 6.45) is 3.72. The fourth-order valence-corrected chi connectivity index (χ4v) is 5.85. The first kappa shape index (κ1) is 20.2. The second-order valence-electron chi connectivity index (χ2n) is 8.53. The Hall–Kier alpha value is -2.68. The maximum absolute atomic E-state index is 15.4. The van der Waals surface area contributed by atoms with E-state index in [1.807, 2.05) is 9.47 Å². The number of pyridine rings is 1. The summed E-state index contributed by atoms with van der Waals surface area (Å²) in [7, 11) is 1.53. The summed E-state index contributed by atoms with van der Waals surface area (Å²) in [5.74, 6) is -0.460. The molecule has 0 amide bonds. The van der Waals surface area contributed by atoms with Crippen LogP contribution in [-0.4, -0.2) is 34.9 Å². The van der Waals surface area contributed by atoms with Crippen LogP contribution in [0.1, 0.15) is 45.6 Å². The van der Waals surface area contributed by atoms with Crippen LogP contribution in [0.5, 0.6) is 0 Å². The summed E-state index contributed by atoms with van der Waals surface area (Å²) in [6, 6.07) is 3.30. The molecule has 1 saturated heterocycles. The highest BCUT2D eigenvalue weighted by molar-refractivity contribution is 7.12. The number of hydrogen-bond acceptors (Lipinski definition) is 6. The number of fused-ring (bicyclic) bond motifs is 2. The molecular weight excluding hydrogens is 419 g/mol. The third-order valence-corrected chi connectivity index (χ3v) is 7.83. The van der Waals surface area contributed by atoms with Gasteiger partial charge in [-0.15, -0.1) is 0 Å². The van der Waals surface area contributed by atoms with Crippen LogP contribution in [0.15, 0.2) is 26.9 Å². The SMILES string of the molecule is CCC1(CC)CN(c2cc3c(cc2F)c(=O)c2c(=O)[nH]sc2n3C2CC2)C/C1=N\OC. The minimum Gasteiger partial charge on any atom is -0.399 e. The molecule has 164 valence electrons. The largest absolute Gasteiger partial charge is 0.399 e. The summed E-state index contributed by atoms with van der Waals surface area (Å²) >= 11 is 1.18. The van der Waals surface area contributed by atoms with Crippen LogP contribution >= 0.6 is 11.5 Å². The predicted molar refractivity (Wildman–Crippen MR) is 122 cm³/mol. The van der Waals surface area contributed by atoms with Crippen molar-refractivity contribution >= 4 is 44.1 Å². The molecule has 2 aromatic heterocycles. The fraction of sp³-hybridized carbons (Fsp3) is 0.500. The van der Waals surface area contributed by atoms with Gasteiger partial charge in [0.05, 0.1) is 23.5 Å². The highest BCUT2D eigenvalue weighted by Gasteiger charge is 2.43. The molecule has 0 atom stereocenters. The van der Waals surface area contributed by atoms with Gasteiger partial charge in [-0.05, 0) is 49.3 Å². The van der Waals surface area contributed by atoms with Crippen LogP contribution in [0.25, 0.3) is 21.1 Å². The van der Waals surface area contributed by atoms with Gasteiger partial charge in [0, 0.05) is 23.4 Å². The van der Waals surface area contributed by atoms with Gasteiger partial charge in [-0.2, -0.15) is 0 Å². The smallest absolute Gasteiger partial charge is 0.271 e. The number of aromatic amines is 1. The van der Waals surface area contributed by atoms with Crippen molar-refractivity contribution in [2.45, 2.75) is 45.6 Å². The van der Waals surface area contributed by atoms with E-state index in [4.69, 9.17) is 4.84 Å². The van der Waals surface area contributed by atoms with Gasteiger partial charge in [-0.1, -0.05) is 19.0 Å². The van der Waals surface area contributed by atoms with E-state index in [1.165, 1.54) is 24.7 Å². The highest BCUT2D eigenvalue weighted by Crippen LogP contribution is 2.42. The van der Waals surface area contributed by atoms with E-state index < -0.39 is 16.8 Å². The molecule has 0 radical (unpaired) electrons. The first-order chi connectivity index (χ1) is 14.9. The Bertz CT molecular complexity index is 1330. The molecule has 5 rings (SSSR count). The lowest BCUT2D eigenvalue weighted by atomic mass is 9.80. The standard InChI is InChI=1S/C22H25FN4O3S/c1-4-22(5-2)11-26(10-17(22)24-30-3)16-9-15-13(8-14(16)23)19(28)18-20(29)25-31-21(18)27(15)12-6-7-12/h8-9,12H,4-7,10-11H2,1-3H3,(H,25,29)/b24-17+. The Morgan fingerprint density at radius 2 is 2.03 bits per heavy atom. The topological polar surface area (TPSA) is 79.7 Å². The molecule has 1 aliphatic heterocycles. The maximum Gasteiger partial charge on any atom is 0.271 e. The number of oxime groups is 1. The van der Waals surface area contributed by atoms with Crippen molar-refractivity contribution in [2.75, 3.05) is 25.1 Å². The lowest BCUT2D eigenvalue weighted by molar-refractivity contribution is 0.207. The van der Waals surface area contributed by atoms with E-state index in [9.17, 15) is 9.59 Å². The number of H-pyrrole nitrogens is 1. The summed E-state index contributed by atoms with van der Waals surface area (Å²) < 4.78 is 20.1. The molecule has 1 N–H and O–H groups in total. The van der Waals surface area contributed by atoms with Gasteiger partial charge < -0.3 is 14.3 Å². The zero-order valence-electron chi connectivity index (χ0n) is 17.8. The van der Waals surface area contributed by atoms with Gasteiger partial charge in [0.1, 0.15) is 23.1 Å². The van der Waals surface area contributed by atoms with Crippen molar-refractivity contribution in [1.82, 2.24) is 8.94 Å². The van der Waals surface area contributed by atoms with Crippen molar-refractivity contribution in [3.8, 4) is 0 Å². The van der Waals surface area contributed by atoms with Gasteiger partial charge in [-0.25, -0.2) is 4.39 Å². The van der Waals surface area contributed by atoms with Crippen molar-refractivity contribution in [3.63, 3.8) is 0 Å². The molecule has 0 bridgehead atoms. The van der Waals surface area contributed by atoms with Crippen LogP contribution in [0.4, 0.5) is 10.1 Å². The number of nitrogens with one attached hydrogen (secondary N) is 1. The number of benzene rings is 1. The number of aromatic nitrogens is 2. The lowest BCUT2D eigenvalue weighted by Gasteiger charge is -2.27. The molecule has 3 aromatic rings. The number of rotatable bonds is 5. The van der Waals surface area contributed by atoms with Crippen LogP contribution in [0, 0.1) is 11.2 Å². The normalized spacial score (nSPS) is 19.7. The van der Waals surface area contributed by atoms with E-state index >= 15 is 4.39 Å². The molecule has 7 nitrogen and oxygen atoms in total. The second kappa shape index (κ2) is 7.19. The number of anilines is 1. The van der Waals surface area contributed by atoms with Gasteiger partial charge in [0.25, 0.3) is 5.56 Å². The summed E-state index contributed by atoms with van der Waals surface area (Å²) in [6.45, 7) is 5.35. The van der Waals surface area contributed by atoms with Crippen LogP contribution in [0.2, 0.25) is 0 Å². The van der Waals surface area contributed by atoms with Crippen LogP contribution < -0.4 is 15.9 Å². The third-order valence-electron chi connectivity index (χ3n) is 6.95. The molecule has 0 spiro atoms. The maximum atomic E-state index is 15.4. The van der Waals surface area contributed by atoms with Crippen molar-refractivity contribution in [3.05, 3.63) is 38.5 Å². The molecule has 1 aromatic carbocycles. The van der Waals surface area contributed by atoms with Gasteiger partial charge in [0.15, 0.2) is 0 Å². The van der Waals surface area contributed by atoms with Crippen molar-refractivity contribution in [1.29, 1.82) is 0 Å². The number of halogens is 1. The van der Waals surface area contributed by atoms with Crippen LogP contribution in [0.3, 0.4) is 0 Å². The molecule has 31 heavy (non-hydrogen) atoms. The molecule has 9 heteroatoms. The molecular formula is C22H25FN4O3S. The molecule has 3 heterocycles. The molecule has 1 aliphatic carbocycles. The Balaban J connectivity index is 1.73. The Labute approximate surface area is 182 Å². The molecule has 2 aliphatic rings. The Morgan fingerprint density at radius 1 is 1.29 bits per heavy atom. The van der Waals surface area contributed by atoms with Gasteiger partial charge in [0.2, 0.25) is 5.43 Å². The summed E-state index contributed by atoms with van der Waals surface area (Å²) in [5.41, 5.74) is 1.07. The predicted octanol–water partition coefficient (Wildman–Crippen LogP) is 4.01. The number of nitrogens with zero attached hydrogens (tertiary/aromatic N) is 3. The lowest BCUT2D eigenvalue weighted by Crippen LogP contribution is -2.30. The van der Waals surface area contributed by atoms with Gasteiger partial charge >= 0.3 is 0 Å². The van der Waals surface area contributed by atoms with E-state index in [2.05, 4.69) is 23.4 Å². The fourth-order valence-electron chi connectivity index (χ4n) is 4.93. The molecule has 1 saturated carbocycles. The summed E-state index contributed by atoms with van der Waals surface area (Å²) in [5, 5.41) is 4.64. The average molecular weight is 445 g/mol. The number of hydrogen-bond donors (Lipinski definition) is 1. The second-order valence-corrected chi connectivity index (χ2v) is 9.32. The first-order valence-electron chi connectivity index (χ1n) is 10.7. The minimum absolute atomic E-state index is 0.128. The van der Waals surface area contributed by atoms with Crippen molar-refractivity contribution < 1.29 is 9.23 Å². The molecule has 0 unspecified atom stereocenters. The Morgan fingerprint density at radius 3 is 2.68 bits per heavy atom. The molecule has 2 fully saturated rings. The average Bonchev–Trinajstić information content (AvgIpc) is 3.43. The van der Waals surface area contributed by atoms with E-state index in [0.29, 0.717) is 29.1 Å². The van der Waals surface area contributed by atoms with E-state index in [0.717, 1.165) is 31.4 Å². The highest BCUT2D eigenvalue weighted by atomic mass is 32.1. The minimum atomic E-state index is -0.460. The Kier molecular flexibility index (Phi) is 4.69. The third kappa shape index (κ3) is 2.93. The zero-order chi connectivity index (χ0) is 21.9. The van der Waals surface area contributed by atoms with Gasteiger partial charge in [-0.3, -0.25) is 14.0 Å². The van der Waals surface area contributed by atoms with Crippen LogP contribution in [-0.2, 0) is 4.84 Å². The quantitative estimate of drug-likeness (QED) is 0.603. The zero-order valence-corrected chi connectivity index (χ0v) is 18.6.